The van der Waals surface area contributed by atoms with E-state index in [0.29, 0.717) is 12.3 Å². The van der Waals surface area contributed by atoms with E-state index >= 15 is 0 Å². The molecule has 1 aliphatic rings. The Balaban J connectivity index is 1.91. The van der Waals surface area contributed by atoms with Crippen molar-refractivity contribution in [3.05, 3.63) is 24.3 Å². The van der Waals surface area contributed by atoms with E-state index in [1.807, 2.05) is 13.8 Å². The van der Waals surface area contributed by atoms with E-state index in [4.69, 9.17) is 4.74 Å². The van der Waals surface area contributed by atoms with Gasteiger partial charge in [0.2, 0.25) is 17.7 Å². The number of hydrogen-bond donors (Lipinski definition) is 2. The van der Waals surface area contributed by atoms with E-state index in [1.165, 1.54) is 0 Å². The maximum absolute atomic E-state index is 12.2. The van der Waals surface area contributed by atoms with Crippen LogP contribution in [0.5, 0.6) is 5.75 Å². The van der Waals surface area contributed by atoms with Gasteiger partial charge in [0, 0.05) is 24.7 Å². The highest BCUT2D eigenvalue weighted by atomic mass is 16.5. The molecule has 1 unspecified atom stereocenters. The number of ether oxygens (including phenoxy) is 1. The second-order valence-corrected chi connectivity index (χ2v) is 6.04. The molecule has 0 aromatic heterocycles. The van der Waals surface area contributed by atoms with Crippen molar-refractivity contribution in [1.29, 1.82) is 0 Å². The van der Waals surface area contributed by atoms with Crippen molar-refractivity contribution in [1.82, 2.24) is 10.6 Å². The molecule has 7 nitrogen and oxygen atoms in total. The first-order valence-corrected chi connectivity index (χ1v) is 7.92. The first kappa shape index (κ1) is 17.8. The van der Waals surface area contributed by atoms with Crippen LogP contribution in [0, 0.1) is 5.92 Å². The summed E-state index contributed by atoms with van der Waals surface area (Å²) in [7, 11) is 1.58. The zero-order valence-electron chi connectivity index (χ0n) is 14.2. The van der Waals surface area contributed by atoms with Crippen LogP contribution in [0.2, 0.25) is 0 Å². The molecule has 0 aliphatic carbocycles. The molecule has 2 rings (SSSR count). The Morgan fingerprint density at radius 2 is 1.96 bits per heavy atom. The summed E-state index contributed by atoms with van der Waals surface area (Å²) in [4.78, 5) is 37.5. The Hall–Kier alpha value is -2.57. The van der Waals surface area contributed by atoms with Gasteiger partial charge in [-0.25, -0.2) is 0 Å². The second kappa shape index (κ2) is 7.81. The van der Waals surface area contributed by atoms with Crippen LogP contribution in [0.3, 0.4) is 0 Å². The van der Waals surface area contributed by atoms with Crippen LogP contribution in [0.1, 0.15) is 20.3 Å². The van der Waals surface area contributed by atoms with Gasteiger partial charge in [0.25, 0.3) is 0 Å². The molecule has 0 spiro atoms. The summed E-state index contributed by atoms with van der Waals surface area (Å²) in [6, 6.07) is 7.13. The fourth-order valence-corrected chi connectivity index (χ4v) is 2.58. The van der Waals surface area contributed by atoms with Crippen LogP contribution in [0.4, 0.5) is 5.69 Å². The molecular weight excluding hydrogens is 310 g/mol. The van der Waals surface area contributed by atoms with Crippen LogP contribution in [-0.4, -0.2) is 44.0 Å². The van der Waals surface area contributed by atoms with Gasteiger partial charge >= 0.3 is 0 Å². The van der Waals surface area contributed by atoms with Crippen LogP contribution in [0.25, 0.3) is 0 Å². The van der Waals surface area contributed by atoms with Crippen molar-refractivity contribution in [3.8, 4) is 5.75 Å². The highest BCUT2D eigenvalue weighted by Gasteiger charge is 2.35. The summed E-state index contributed by atoms with van der Waals surface area (Å²) in [6.07, 6.45) is 0.143. The Labute approximate surface area is 141 Å². The molecule has 1 saturated heterocycles. The number of nitrogens with one attached hydrogen (secondary N) is 2. The molecule has 2 N–H and O–H groups in total. The monoisotopic (exact) mass is 333 g/mol. The molecule has 0 radical (unpaired) electrons. The van der Waals surface area contributed by atoms with Gasteiger partial charge in [-0.3, -0.25) is 14.4 Å². The molecule has 1 fully saturated rings. The largest absolute Gasteiger partial charge is 0.497 e. The lowest BCUT2D eigenvalue weighted by Crippen LogP contribution is -2.42. The SMILES string of the molecule is COc1ccc(N2CC(C(=O)NCC(=O)NC(C)C)CC2=O)cc1. The lowest BCUT2D eigenvalue weighted by molar-refractivity contribution is -0.129. The van der Waals surface area contributed by atoms with Crippen LogP contribution < -0.4 is 20.3 Å². The highest BCUT2D eigenvalue weighted by molar-refractivity contribution is 6.00. The summed E-state index contributed by atoms with van der Waals surface area (Å²) >= 11 is 0. The molecule has 0 saturated carbocycles. The third-order valence-electron chi connectivity index (χ3n) is 3.75. The zero-order valence-corrected chi connectivity index (χ0v) is 14.2. The zero-order chi connectivity index (χ0) is 17.7. The minimum Gasteiger partial charge on any atom is -0.497 e. The van der Waals surface area contributed by atoms with E-state index in [0.717, 1.165) is 5.69 Å². The average Bonchev–Trinajstić information content (AvgIpc) is 2.94. The molecular formula is C17H23N3O4. The Bertz CT molecular complexity index is 613. The number of hydrogen-bond acceptors (Lipinski definition) is 4. The van der Waals surface area contributed by atoms with Crippen molar-refractivity contribution < 1.29 is 19.1 Å². The molecule has 1 atom stereocenters. The van der Waals surface area contributed by atoms with Crippen molar-refractivity contribution in [2.45, 2.75) is 26.3 Å². The van der Waals surface area contributed by atoms with Gasteiger partial charge in [-0.15, -0.1) is 0 Å². The minimum atomic E-state index is -0.452. The number of rotatable bonds is 6. The molecule has 1 aromatic carbocycles. The van der Waals surface area contributed by atoms with E-state index in [-0.39, 0.29) is 36.7 Å². The minimum absolute atomic E-state index is 0.0213. The fraction of sp³-hybridized carbons (Fsp3) is 0.471. The lowest BCUT2D eigenvalue weighted by Gasteiger charge is -2.17. The molecule has 1 aromatic rings. The van der Waals surface area contributed by atoms with Crippen molar-refractivity contribution in [3.63, 3.8) is 0 Å². The topological polar surface area (TPSA) is 87.7 Å². The predicted octanol–water partition coefficient (Wildman–Crippen LogP) is 0.689. The maximum atomic E-state index is 12.2. The van der Waals surface area contributed by atoms with E-state index < -0.39 is 5.92 Å². The first-order valence-electron chi connectivity index (χ1n) is 7.92. The number of carbonyl (C=O) groups excluding carboxylic acids is 3. The Morgan fingerprint density at radius 1 is 1.29 bits per heavy atom. The summed E-state index contributed by atoms with van der Waals surface area (Å²) < 4.78 is 5.09. The standard InChI is InChI=1S/C17H23N3O4/c1-11(2)19-15(21)9-18-17(23)12-8-16(22)20(10-12)13-4-6-14(24-3)7-5-13/h4-7,11-12H,8-10H2,1-3H3,(H,18,23)(H,19,21). The summed E-state index contributed by atoms with van der Waals surface area (Å²) in [6.45, 7) is 3.93. The first-order chi connectivity index (χ1) is 11.4. The number of carbonyl (C=O) groups is 3. The quantitative estimate of drug-likeness (QED) is 0.802. The molecule has 1 aliphatic heterocycles. The normalized spacial score (nSPS) is 17.1. The predicted molar refractivity (Wildman–Crippen MR) is 89.7 cm³/mol. The van der Waals surface area contributed by atoms with Gasteiger partial charge in [0.15, 0.2) is 0 Å². The van der Waals surface area contributed by atoms with E-state index in [1.54, 1.807) is 36.3 Å². The fourth-order valence-electron chi connectivity index (χ4n) is 2.58. The van der Waals surface area contributed by atoms with Gasteiger partial charge in [-0.05, 0) is 38.1 Å². The highest BCUT2D eigenvalue weighted by Crippen LogP contribution is 2.26. The number of nitrogens with zero attached hydrogens (tertiary/aromatic N) is 1. The smallest absolute Gasteiger partial charge is 0.239 e. The van der Waals surface area contributed by atoms with Crippen LogP contribution in [0.15, 0.2) is 24.3 Å². The van der Waals surface area contributed by atoms with Crippen LogP contribution >= 0.6 is 0 Å². The summed E-state index contributed by atoms with van der Waals surface area (Å²) in [5.41, 5.74) is 0.730. The molecule has 1 heterocycles. The average molecular weight is 333 g/mol. The van der Waals surface area contributed by atoms with Crippen molar-refractivity contribution >= 4 is 23.4 Å². The third kappa shape index (κ3) is 4.47. The summed E-state index contributed by atoms with van der Waals surface area (Å²) in [5, 5.41) is 5.29. The van der Waals surface area contributed by atoms with E-state index in [2.05, 4.69) is 10.6 Å². The van der Waals surface area contributed by atoms with E-state index in [9.17, 15) is 14.4 Å². The van der Waals surface area contributed by atoms with Gasteiger partial charge < -0.3 is 20.3 Å². The Morgan fingerprint density at radius 3 is 2.54 bits per heavy atom. The molecule has 130 valence electrons. The molecule has 24 heavy (non-hydrogen) atoms. The third-order valence-corrected chi connectivity index (χ3v) is 3.75. The molecule has 7 heteroatoms. The van der Waals surface area contributed by atoms with Crippen molar-refractivity contribution in [2.24, 2.45) is 5.92 Å². The Kier molecular flexibility index (Phi) is 5.78. The van der Waals surface area contributed by atoms with Crippen LogP contribution in [-0.2, 0) is 14.4 Å². The second-order valence-electron chi connectivity index (χ2n) is 6.04. The van der Waals surface area contributed by atoms with Gasteiger partial charge in [-0.1, -0.05) is 0 Å². The number of methoxy groups -OCH3 is 1. The number of anilines is 1. The van der Waals surface area contributed by atoms with Gasteiger partial charge in [0.05, 0.1) is 19.6 Å². The molecule has 0 bridgehead atoms. The molecule has 3 amide bonds. The van der Waals surface area contributed by atoms with Crippen molar-refractivity contribution in [2.75, 3.05) is 25.1 Å². The maximum Gasteiger partial charge on any atom is 0.239 e. The lowest BCUT2D eigenvalue weighted by atomic mass is 10.1. The number of benzene rings is 1. The number of amides is 3. The summed E-state index contributed by atoms with van der Waals surface area (Å²) in [5.74, 6) is -0.373. The van der Waals surface area contributed by atoms with Gasteiger partial charge in [0.1, 0.15) is 5.75 Å². The van der Waals surface area contributed by atoms with Gasteiger partial charge in [-0.2, -0.15) is 0 Å².